The molecule has 0 aliphatic heterocycles. The summed E-state index contributed by atoms with van der Waals surface area (Å²) >= 11 is 3.16. The van der Waals surface area contributed by atoms with Gasteiger partial charge >= 0.3 is 5.97 Å². The van der Waals surface area contributed by atoms with Crippen molar-refractivity contribution in [3.8, 4) is 0 Å². The molecule has 1 aromatic rings. The highest BCUT2D eigenvalue weighted by atomic mass is 79.9. The highest BCUT2D eigenvalue weighted by Crippen LogP contribution is 2.15. The predicted molar refractivity (Wildman–Crippen MR) is 74.6 cm³/mol. The number of aromatic nitrogens is 2. The van der Waals surface area contributed by atoms with Gasteiger partial charge < -0.3 is 19.9 Å². The van der Waals surface area contributed by atoms with Gasteiger partial charge in [-0.2, -0.15) is 5.10 Å². The van der Waals surface area contributed by atoms with E-state index in [2.05, 4.69) is 31.1 Å². The summed E-state index contributed by atoms with van der Waals surface area (Å²) in [6.45, 7) is 0.837. The zero-order valence-corrected chi connectivity index (χ0v) is 12.6. The molecule has 0 amide bonds. The third-order valence-corrected chi connectivity index (χ3v) is 3.06. The number of hydrogen-bond donors (Lipinski definition) is 2. The first-order valence-corrected chi connectivity index (χ1v) is 6.64. The van der Waals surface area contributed by atoms with Gasteiger partial charge in [-0.3, -0.25) is 9.59 Å². The van der Waals surface area contributed by atoms with Gasteiger partial charge in [-0.05, 0) is 15.9 Å². The molecule has 0 spiro atoms. The van der Waals surface area contributed by atoms with E-state index in [1.54, 1.807) is 0 Å². The molecule has 8 nitrogen and oxygen atoms in total. The number of nitrogens with zero attached hydrogens (tertiary/aromatic N) is 2. The van der Waals surface area contributed by atoms with Gasteiger partial charge in [0, 0.05) is 6.54 Å². The van der Waals surface area contributed by atoms with Gasteiger partial charge in [0.2, 0.25) is 0 Å². The van der Waals surface area contributed by atoms with Gasteiger partial charge in [0.25, 0.3) is 5.56 Å². The molecule has 0 fully saturated rings. The van der Waals surface area contributed by atoms with E-state index in [1.165, 1.54) is 13.3 Å². The van der Waals surface area contributed by atoms with Crippen LogP contribution in [0, 0.1) is 0 Å². The Morgan fingerprint density at radius 1 is 1.55 bits per heavy atom. The molecule has 0 saturated carbocycles. The van der Waals surface area contributed by atoms with Crippen LogP contribution in [0.4, 0.5) is 5.69 Å². The molecular formula is C11H16BrN3O5. The number of aliphatic hydroxyl groups is 1. The van der Waals surface area contributed by atoms with Crippen LogP contribution in [0.1, 0.15) is 0 Å². The van der Waals surface area contributed by atoms with Crippen LogP contribution in [0.25, 0.3) is 0 Å². The minimum absolute atomic E-state index is 0.0329. The zero-order valence-electron chi connectivity index (χ0n) is 11.0. The van der Waals surface area contributed by atoms with Gasteiger partial charge in [0.15, 0.2) is 0 Å². The number of anilines is 1. The summed E-state index contributed by atoms with van der Waals surface area (Å²) in [6.07, 6.45) is 1.43. The number of methoxy groups -OCH3 is 1. The molecule has 1 rings (SSSR count). The molecule has 2 N–H and O–H groups in total. The van der Waals surface area contributed by atoms with E-state index in [-0.39, 0.29) is 24.2 Å². The van der Waals surface area contributed by atoms with Crippen molar-refractivity contribution in [3.05, 3.63) is 21.0 Å². The van der Waals surface area contributed by atoms with Crippen LogP contribution >= 0.6 is 15.9 Å². The van der Waals surface area contributed by atoms with Crippen LogP contribution < -0.4 is 10.9 Å². The second-order valence-electron chi connectivity index (χ2n) is 3.67. The van der Waals surface area contributed by atoms with Crippen molar-refractivity contribution in [1.82, 2.24) is 9.78 Å². The Balaban J connectivity index is 2.64. The fourth-order valence-electron chi connectivity index (χ4n) is 1.31. The minimum Gasteiger partial charge on any atom is -0.468 e. The van der Waals surface area contributed by atoms with Crippen LogP contribution in [-0.2, 0) is 20.8 Å². The second kappa shape index (κ2) is 8.67. The molecule has 112 valence electrons. The van der Waals surface area contributed by atoms with Gasteiger partial charge in [-0.15, -0.1) is 0 Å². The van der Waals surface area contributed by atoms with Crippen LogP contribution in [-0.4, -0.2) is 54.3 Å². The van der Waals surface area contributed by atoms with Gasteiger partial charge in [-0.25, -0.2) is 4.68 Å². The van der Waals surface area contributed by atoms with E-state index in [1.807, 2.05) is 0 Å². The molecule has 1 heterocycles. The number of aliphatic hydroxyl groups excluding tert-OH is 1. The van der Waals surface area contributed by atoms with E-state index in [0.717, 1.165) is 4.68 Å². The Morgan fingerprint density at radius 2 is 2.30 bits per heavy atom. The summed E-state index contributed by atoms with van der Waals surface area (Å²) in [5.41, 5.74) is 0.0698. The number of hydrogen-bond acceptors (Lipinski definition) is 7. The van der Waals surface area contributed by atoms with Crippen molar-refractivity contribution < 1.29 is 19.4 Å². The van der Waals surface area contributed by atoms with E-state index in [9.17, 15) is 9.59 Å². The summed E-state index contributed by atoms with van der Waals surface area (Å²) in [7, 11) is 1.24. The lowest BCUT2D eigenvalue weighted by molar-refractivity contribution is -0.141. The van der Waals surface area contributed by atoms with Crippen molar-refractivity contribution in [3.63, 3.8) is 0 Å². The fourth-order valence-corrected chi connectivity index (χ4v) is 1.76. The maximum Gasteiger partial charge on any atom is 0.327 e. The quantitative estimate of drug-likeness (QED) is 0.486. The lowest BCUT2D eigenvalue weighted by Crippen LogP contribution is -2.28. The van der Waals surface area contributed by atoms with Crippen LogP contribution in [0.5, 0.6) is 0 Å². The molecule has 0 saturated heterocycles. The Kier molecular flexibility index (Phi) is 7.20. The minimum atomic E-state index is -0.551. The third kappa shape index (κ3) is 4.91. The molecule has 20 heavy (non-hydrogen) atoms. The average molecular weight is 350 g/mol. The Labute approximate surface area is 123 Å². The monoisotopic (exact) mass is 349 g/mol. The van der Waals surface area contributed by atoms with E-state index in [4.69, 9.17) is 9.84 Å². The molecule has 1 aromatic heterocycles. The average Bonchev–Trinajstić information content (AvgIpc) is 2.45. The summed E-state index contributed by atoms with van der Waals surface area (Å²) in [5, 5.41) is 15.4. The largest absolute Gasteiger partial charge is 0.468 e. The maximum atomic E-state index is 11.9. The molecule has 0 aliphatic rings. The summed E-state index contributed by atoms with van der Waals surface area (Å²) in [5.74, 6) is -0.551. The third-order valence-electron chi connectivity index (χ3n) is 2.29. The number of rotatable bonds is 8. The van der Waals surface area contributed by atoms with Crippen molar-refractivity contribution in [2.45, 2.75) is 6.54 Å². The van der Waals surface area contributed by atoms with E-state index < -0.39 is 11.5 Å². The summed E-state index contributed by atoms with van der Waals surface area (Å²) in [6, 6.07) is 0. The molecule has 0 bridgehead atoms. The number of halogens is 1. The number of esters is 1. The fraction of sp³-hybridized carbons (Fsp3) is 0.545. The normalized spacial score (nSPS) is 10.3. The highest BCUT2D eigenvalue weighted by molar-refractivity contribution is 9.10. The highest BCUT2D eigenvalue weighted by Gasteiger charge is 2.11. The van der Waals surface area contributed by atoms with Crippen molar-refractivity contribution in [1.29, 1.82) is 0 Å². The first-order chi connectivity index (χ1) is 9.60. The number of carbonyl (C=O) groups is 1. The van der Waals surface area contributed by atoms with Crippen LogP contribution in [0.2, 0.25) is 0 Å². The molecule has 0 aromatic carbocycles. The topological polar surface area (TPSA) is 103 Å². The first kappa shape index (κ1) is 16.6. The Hall–Kier alpha value is -1.45. The first-order valence-electron chi connectivity index (χ1n) is 5.85. The van der Waals surface area contributed by atoms with E-state index in [0.29, 0.717) is 18.8 Å². The lowest BCUT2D eigenvalue weighted by Gasteiger charge is -2.10. The molecule has 0 radical (unpaired) electrons. The zero-order chi connectivity index (χ0) is 15.0. The van der Waals surface area contributed by atoms with Crippen LogP contribution in [0.15, 0.2) is 15.5 Å². The molecule has 0 aliphatic carbocycles. The van der Waals surface area contributed by atoms with Crippen molar-refractivity contribution in [2.24, 2.45) is 0 Å². The van der Waals surface area contributed by atoms with E-state index >= 15 is 0 Å². The molecule has 9 heteroatoms. The molecule has 0 atom stereocenters. The second-order valence-corrected chi connectivity index (χ2v) is 4.47. The maximum absolute atomic E-state index is 11.9. The summed E-state index contributed by atoms with van der Waals surface area (Å²) < 4.78 is 10.8. The number of ether oxygens (including phenoxy) is 2. The van der Waals surface area contributed by atoms with Gasteiger partial charge in [-0.1, -0.05) is 0 Å². The molecular weight excluding hydrogens is 334 g/mol. The van der Waals surface area contributed by atoms with Crippen LogP contribution in [0.3, 0.4) is 0 Å². The predicted octanol–water partition coefficient (Wildman–Crippen LogP) is -0.400. The molecule has 0 unspecified atom stereocenters. The number of carbonyl (C=O) groups excluding carboxylic acids is 1. The Morgan fingerprint density at radius 3 is 2.95 bits per heavy atom. The summed E-state index contributed by atoms with van der Waals surface area (Å²) in [4.78, 5) is 23.0. The lowest BCUT2D eigenvalue weighted by atomic mass is 10.4. The Bertz CT molecular complexity index is 505. The van der Waals surface area contributed by atoms with Gasteiger partial charge in [0.1, 0.15) is 11.0 Å². The van der Waals surface area contributed by atoms with Crippen molar-refractivity contribution in [2.75, 3.05) is 38.8 Å². The smallest absolute Gasteiger partial charge is 0.327 e. The van der Waals surface area contributed by atoms with Crippen molar-refractivity contribution >= 4 is 27.6 Å². The SMILES string of the molecule is COC(=O)Cn1ncc(NCCOCCO)c(Br)c1=O. The number of nitrogens with one attached hydrogen (secondary N) is 1. The van der Waals surface area contributed by atoms with Gasteiger partial charge in [0.05, 0.1) is 38.8 Å². The standard InChI is InChI=1S/C11H16BrN3O5/c1-19-9(17)7-15-11(18)10(12)8(6-14-15)13-2-4-20-5-3-16/h6,13,16H,2-5,7H2,1H3.